The molecule has 0 saturated heterocycles. The van der Waals surface area contributed by atoms with Crippen molar-refractivity contribution in [3.63, 3.8) is 0 Å². The highest BCUT2D eigenvalue weighted by Crippen LogP contribution is 2.52. The first-order valence-corrected chi connectivity index (χ1v) is 8.82. The predicted octanol–water partition coefficient (Wildman–Crippen LogP) is 2.52. The Morgan fingerprint density at radius 2 is 2.00 bits per heavy atom. The minimum absolute atomic E-state index is 0.128. The van der Waals surface area contributed by atoms with Gasteiger partial charge in [-0.15, -0.1) is 0 Å². The van der Waals surface area contributed by atoms with Gasteiger partial charge in [0.05, 0.1) is 18.0 Å². The molecule has 3 atom stereocenters. The molecule has 3 rings (SSSR count). The Bertz CT molecular complexity index is 557. The van der Waals surface area contributed by atoms with Crippen LogP contribution >= 0.6 is 22.6 Å². The zero-order chi connectivity index (χ0) is 12.2. The summed E-state index contributed by atoms with van der Waals surface area (Å²) in [6, 6.07) is 8.05. The molecule has 3 nitrogen and oxygen atoms in total. The molecule has 5 heteroatoms. The number of halogens is 1. The SMILES string of the molecule is CS(=O)(=O)N1c2ccccc2C2CCC(I)C21. The molecule has 1 saturated carbocycles. The van der Waals surface area contributed by atoms with Crippen LogP contribution in [0.15, 0.2) is 24.3 Å². The van der Waals surface area contributed by atoms with E-state index in [-0.39, 0.29) is 6.04 Å². The van der Waals surface area contributed by atoms with Crippen LogP contribution in [0.25, 0.3) is 0 Å². The molecule has 17 heavy (non-hydrogen) atoms. The highest BCUT2D eigenvalue weighted by molar-refractivity contribution is 14.1. The zero-order valence-corrected chi connectivity index (χ0v) is 12.5. The van der Waals surface area contributed by atoms with E-state index in [9.17, 15) is 8.42 Å². The summed E-state index contributed by atoms with van der Waals surface area (Å²) in [5.74, 6) is 0.392. The monoisotopic (exact) mass is 363 g/mol. The first kappa shape index (κ1) is 11.8. The number of rotatable bonds is 1. The van der Waals surface area contributed by atoms with Crippen molar-refractivity contribution >= 4 is 38.3 Å². The first-order valence-electron chi connectivity index (χ1n) is 5.72. The molecule has 0 radical (unpaired) electrons. The second-order valence-corrected chi connectivity index (χ2v) is 8.27. The van der Waals surface area contributed by atoms with Gasteiger partial charge in [0.1, 0.15) is 0 Å². The average molecular weight is 363 g/mol. The minimum atomic E-state index is -3.17. The normalized spacial score (nSPS) is 31.4. The molecule has 0 amide bonds. The quantitative estimate of drug-likeness (QED) is 0.568. The van der Waals surface area contributed by atoms with Gasteiger partial charge < -0.3 is 0 Å². The van der Waals surface area contributed by atoms with Crippen LogP contribution in [-0.4, -0.2) is 24.6 Å². The summed E-state index contributed by atoms with van der Waals surface area (Å²) < 4.78 is 26.1. The van der Waals surface area contributed by atoms with Crippen molar-refractivity contribution in [2.45, 2.75) is 28.7 Å². The van der Waals surface area contributed by atoms with Gasteiger partial charge in [0.2, 0.25) is 10.0 Å². The molecule has 1 fully saturated rings. The number of benzene rings is 1. The van der Waals surface area contributed by atoms with E-state index in [1.54, 1.807) is 4.31 Å². The van der Waals surface area contributed by atoms with E-state index in [0.29, 0.717) is 9.84 Å². The fraction of sp³-hybridized carbons (Fsp3) is 0.500. The number of sulfonamides is 1. The fourth-order valence-electron chi connectivity index (χ4n) is 3.14. The molecule has 0 bridgehead atoms. The van der Waals surface area contributed by atoms with Gasteiger partial charge in [0.15, 0.2) is 0 Å². The maximum atomic E-state index is 12.0. The Morgan fingerprint density at radius 1 is 1.29 bits per heavy atom. The summed E-state index contributed by atoms with van der Waals surface area (Å²) in [6.45, 7) is 0. The smallest absolute Gasteiger partial charge is 0.232 e. The van der Waals surface area contributed by atoms with E-state index in [1.165, 1.54) is 11.8 Å². The summed E-state index contributed by atoms with van der Waals surface area (Å²) in [4.78, 5) is 0. The Morgan fingerprint density at radius 3 is 2.71 bits per heavy atom. The number of para-hydroxylation sites is 1. The van der Waals surface area contributed by atoms with Crippen LogP contribution in [0.5, 0.6) is 0 Å². The van der Waals surface area contributed by atoms with Crippen molar-refractivity contribution in [1.82, 2.24) is 0 Å². The van der Waals surface area contributed by atoms with E-state index in [1.807, 2.05) is 18.2 Å². The molecule has 0 spiro atoms. The largest absolute Gasteiger partial charge is 0.265 e. The molecule has 92 valence electrons. The van der Waals surface area contributed by atoms with Crippen molar-refractivity contribution in [2.24, 2.45) is 0 Å². The van der Waals surface area contributed by atoms with Gasteiger partial charge in [-0.1, -0.05) is 40.8 Å². The Balaban J connectivity index is 2.20. The molecule has 0 aromatic heterocycles. The number of anilines is 1. The number of nitrogens with zero attached hydrogens (tertiary/aromatic N) is 1. The first-order chi connectivity index (χ1) is 8.00. The van der Waals surface area contributed by atoms with Crippen LogP contribution < -0.4 is 4.31 Å². The van der Waals surface area contributed by atoms with Crippen molar-refractivity contribution in [3.05, 3.63) is 29.8 Å². The third-order valence-corrected chi connectivity index (χ3v) is 6.25. The van der Waals surface area contributed by atoms with E-state index in [4.69, 9.17) is 0 Å². The van der Waals surface area contributed by atoms with E-state index in [0.717, 1.165) is 18.5 Å². The molecule has 2 aliphatic rings. The third kappa shape index (κ3) is 1.69. The van der Waals surface area contributed by atoms with Gasteiger partial charge in [-0.05, 0) is 24.5 Å². The van der Waals surface area contributed by atoms with Gasteiger partial charge in [-0.25, -0.2) is 8.42 Å². The van der Waals surface area contributed by atoms with Crippen LogP contribution in [-0.2, 0) is 10.0 Å². The molecule has 0 N–H and O–H groups in total. The summed E-state index contributed by atoms with van der Waals surface area (Å²) in [7, 11) is -3.17. The molecule has 3 unspecified atom stereocenters. The average Bonchev–Trinajstić information content (AvgIpc) is 2.76. The highest BCUT2D eigenvalue weighted by Gasteiger charge is 2.49. The highest BCUT2D eigenvalue weighted by atomic mass is 127. The van der Waals surface area contributed by atoms with Gasteiger partial charge in [0, 0.05) is 9.84 Å². The maximum absolute atomic E-state index is 12.0. The number of alkyl halides is 1. The van der Waals surface area contributed by atoms with Crippen molar-refractivity contribution in [3.8, 4) is 0 Å². The topological polar surface area (TPSA) is 37.4 Å². The summed E-state index contributed by atoms with van der Waals surface area (Å²) in [5.41, 5.74) is 2.11. The Kier molecular flexibility index (Phi) is 2.66. The maximum Gasteiger partial charge on any atom is 0.232 e. The van der Waals surface area contributed by atoms with Gasteiger partial charge in [-0.3, -0.25) is 4.31 Å². The van der Waals surface area contributed by atoms with Crippen LogP contribution in [0.4, 0.5) is 5.69 Å². The van der Waals surface area contributed by atoms with Gasteiger partial charge in [0.25, 0.3) is 0 Å². The lowest BCUT2D eigenvalue weighted by Crippen LogP contribution is -2.40. The Hall–Kier alpha value is -0.300. The van der Waals surface area contributed by atoms with Gasteiger partial charge in [-0.2, -0.15) is 0 Å². The predicted molar refractivity (Wildman–Crippen MR) is 77.3 cm³/mol. The summed E-state index contributed by atoms with van der Waals surface area (Å²) >= 11 is 2.40. The summed E-state index contributed by atoms with van der Waals surface area (Å²) in [5, 5.41) is 0. The second kappa shape index (κ2) is 3.85. The van der Waals surface area contributed by atoms with Crippen LogP contribution in [0.3, 0.4) is 0 Å². The summed E-state index contributed by atoms with van der Waals surface area (Å²) in [6.07, 6.45) is 3.52. The standard InChI is InChI=1S/C12H14INO2S/c1-17(15,16)14-11-5-3-2-4-8(11)9-6-7-10(13)12(9)14/h2-5,9-10,12H,6-7H2,1H3. The number of hydrogen-bond acceptors (Lipinski definition) is 2. The van der Waals surface area contributed by atoms with Gasteiger partial charge >= 0.3 is 0 Å². The number of hydrogen-bond donors (Lipinski definition) is 0. The number of fused-ring (bicyclic) bond motifs is 3. The van der Waals surface area contributed by atoms with E-state index in [2.05, 4.69) is 28.7 Å². The van der Waals surface area contributed by atoms with Crippen molar-refractivity contribution in [1.29, 1.82) is 0 Å². The van der Waals surface area contributed by atoms with Crippen molar-refractivity contribution < 1.29 is 8.42 Å². The molecule has 1 aromatic carbocycles. The lowest BCUT2D eigenvalue weighted by molar-refractivity contribution is 0.581. The minimum Gasteiger partial charge on any atom is -0.265 e. The molecule has 1 aliphatic heterocycles. The molecular formula is C12H14INO2S. The van der Waals surface area contributed by atoms with E-state index < -0.39 is 10.0 Å². The Labute approximate surface area is 115 Å². The van der Waals surface area contributed by atoms with Crippen LogP contribution in [0, 0.1) is 0 Å². The molecule has 1 heterocycles. The lowest BCUT2D eigenvalue weighted by Gasteiger charge is -2.27. The zero-order valence-electron chi connectivity index (χ0n) is 9.51. The molecule has 1 aliphatic carbocycles. The van der Waals surface area contributed by atoms with Crippen molar-refractivity contribution in [2.75, 3.05) is 10.6 Å². The van der Waals surface area contributed by atoms with E-state index >= 15 is 0 Å². The third-order valence-electron chi connectivity index (χ3n) is 3.74. The molecule has 1 aromatic rings. The second-order valence-electron chi connectivity index (χ2n) is 4.81. The van der Waals surface area contributed by atoms with Crippen LogP contribution in [0.2, 0.25) is 0 Å². The molecular weight excluding hydrogens is 349 g/mol. The van der Waals surface area contributed by atoms with Crippen LogP contribution in [0.1, 0.15) is 24.3 Å². The lowest BCUT2D eigenvalue weighted by atomic mass is 9.98. The fourth-order valence-corrected chi connectivity index (χ4v) is 5.80.